The highest BCUT2D eigenvalue weighted by atomic mass is 35.5. The third kappa shape index (κ3) is 11.6. The van der Waals surface area contributed by atoms with Gasteiger partial charge in [-0.05, 0) is 24.0 Å². The van der Waals surface area contributed by atoms with Crippen LogP contribution in [0.3, 0.4) is 0 Å². The Morgan fingerprint density at radius 2 is 1.14 bits per heavy atom. The molecule has 1 aromatic carbocycles. The molecule has 164 valence electrons. The van der Waals surface area contributed by atoms with Gasteiger partial charge in [0.1, 0.15) is 5.69 Å². The summed E-state index contributed by atoms with van der Waals surface area (Å²) in [5, 5.41) is 10.1. The minimum absolute atomic E-state index is 0. The highest BCUT2D eigenvalue weighted by Crippen LogP contribution is 2.17. The quantitative estimate of drug-likeness (QED) is 0.337. The standard InChI is InChI=1S/C26H42N2.ClH/c1-2-3-4-5-6-7-8-9-10-11-12-13-14-15-16-17-22-26-25-21-19-18-20-24(25)23-27-28-26;/h18-21,23H,2-17,22H2,1H3;1H. The summed E-state index contributed by atoms with van der Waals surface area (Å²) in [6.45, 7) is 2.29. The van der Waals surface area contributed by atoms with Crippen molar-refractivity contribution in [3.05, 3.63) is 36.2 Å². The zero-order valence-electron chi connectivity index (χ0n) is 18.7. The molecule has 1 aromatic heterocycles. The number of fused-ring (bicyclic) bond motifs is 1. The molecule has 0 aliphatic heterocycles. The molecule has 0 saturated carbocycles. The summed E-state index contributed by atoms with van der Waals surface area (Å²) in [5.41, 5.74) is 1.23. The summed E-state index contributed by atoms with van der Waals surface area (Å²) in [5.74, 6) is 0. The highest BCUT2D eigenvalue weighted by Gasteiger charge is 2.05. The lowest BCUT2D eigenvalue weighted by Crippen LogP contribution is -3.00. The molecule has 0 aliphatic rings. The molecule has 29 heavy (non-hydrogen) atoms. The Kier molecular flexibility index (Phi) is 15.8. The molecule has 0 amide bonds. The first kappa shape index (κ1) is 25.9. The molecule has 0 unspecified atom stereocenters. The number of nitrogens with zero attached hydrogens (tertiary/aromatic N) is 1. The maximum Gasteiger partial charge on any atom is 0.201 e. The van der Waals surface area contributed by atoms with Crippen molar-refractivity contribution in [3.63, 3.8) is 0 Å². The minimum Gasteiger partial charge on any atom is -1.00 e. The molecule has 0 aliphatic carbocycles. The number of benzene rings is 1. The summed E-state index contributed by atoms with van der Waals surface area (Å²) in [6.07, 6.45) is 25.8. The third-order valence-electron chi connectivity index (χ3n) is 5.96. The number of aromatic nitrogens is 2. The number of H-pyrrole nitrogens is 1. The SMILES string of the molecule is CCCCCCCCCCCCCCCCCCc1n[nH+]cc2ccccc12.[Cl-]. The predicted molar refractivity (Wildman–Crippen MR) is 122 cm³/mol. The zero-order valence-corrected chi connectivity index (χ0v) is 19.5. The minimum atomic E-state index is 0. The topological polar surface area (TPSA) is 27.0 Å². The smallest absolute Gasteiger partial charge is 0.201 e. The van der Waals surface area contributed by atoms with Crippen LogP contribution in [0.5, 0.6) is 0 Å². The maximum absolute atomic E-state index is 4.49. The van der Waals surface area contributed by atoms with Crippen LogP contribution >= 0.6 is 0 Å². The number of hydrogen-bond acceptors (Lipinski definition) is 1. The Bertz CT molecular complexity index is 624. The van der Waals surface area contributed by atoms with Gasteiger partial charge in [-0.25, -0.2) is 0 Å². The van der Waals surface area contributed by atoms with Gasteiger partial charge < -0.3 is 12.4 Å². The number of aromatic amines is 1. The van der Waals surface area contributed by atoms with E-state index in [1.54, 1.807) is 0 Å². The van der Waals surface area contributed by atoms with Crippen LogP contribution in [-0.2, 0) is 6.42 Å². The monoisotopic (exact) mass is 418 g/mol. The molecule has 0 saturated heterocycles. The third-order valence-corrected chi connectivity index (χ3v) is 5.96. The summed E-state index contributed by atoms with van der Waals surface area (Å²) >= 11 is 0. The van der Waals surface area contributed by atoms with E-state index in [1.807, 2.05) is 6.20 Å². The second-order valence-corrected chi connectivity index (χ2v) is 8.47. The van der Waals surface area contributed by atoms with Crippen LogP contribution < -0.4 is 17.5 Å². The van der Waals surface area contributed by atoms with Crippen LogP contribution in [0.25, 0.3) is 10.8 Å². The van der Waals surface area contributed by atoms with E-state index < -0.39 is 0 Å². The predicted octanol–water partition coefficient (Wildman–Crippen LogP) is 4.86. The van der Waals surface area contributed by atoms with Crippen LogP contribution in [0.1, 0.15) is 115 Å². The molecule has 0 atom stereocenters. The van der Waals surface area contributed by atoms with Crippen molar-refractivity contribution in [1.82, 2.24) is 5.10 Å². The molecule has 1 N–H and O–H groups in total. The van der Waals surface area contributed by atoms with E-state index in [0.717, 1.165) is 6.42 Å². The summed E-state index contributed by atoms with van der Waals surface area (Å²) in [4.78, 5) is 0. The van der Waals surface area contributed by atoms with Gasteiger partial charge in [0.25, 0.3) is 0 Å². The van der Waals surface area contributed by atoms with E-state index in [2.05, 4.69) is 41.4 Å². The molecule has 0 bridgehead atoms. The Labute approximate surface area is 185 Å². The van der Waals surface area contributed by atoms with Crippen molar-refractivity contribution in [2.75, 3.05) is 0 Å². The second kappa shape index (κ2) is 17.7. The molecule has 1 heterocycles. The van der Waals surface area contributed by atoms with Crippen molar-refractivity contribution in [2.45, 2.75) is 116 Å². The Morgan fingerprint density at radius 3 is 1.69 bits per heavy atom. The van der Waals surface area contributed by atoms with Gasteiger partial charge in [-0.3, -0.25) is 0 Å². The maximum atomic E-state index is 4.49. The summed E-state index contributed by atoms with van der Waals surface area (Å²) < 4.78 is 0. The van der Waals surface area contributed by atoms with Crippen molar-refractivity contribution in [3.8, 4) is 0 Å². The van der Waals surface area contributed by atoms with Gasteiger partial charge in [0, 0.05) is 10.8 Å². The molecular formula is C26H43ClN2. The average molecular weight is 419 g/mol. The molecule has 2 nitrogen and oxygen atoms in total. The number of hydrogen-bond donors (Lipinski definition) is 0. The number of aryl methyl sites for hydroxylation is 1. The van der Waals surface area contributed by atoms with Crippen LogP contribution in [-0.4, -0.2) is 5.10 Å². The van der Waals surface area contributed by atoms with Crippen molar-refractivity contribution < 1.29 is 17.5 Å². The Hall–Kier alpha value is -1.15. The van der Waals surface area contributed by atoms with E-state index in [-0.39, 0.29) is 12.4 Å². The highest BCUT2D eigenvalue weighted by molar-refractivity contribution is 5.82. The van der Waals surface area contributed by atoms with Gasteiger partial charge >= 0.3 is 0 Å². The molecule has 0 spiro atoms. The summed E-state index contributed by atoms with van der Waals surface area (Å²) in [6, 6.07) is 8.55. The largest absolute Gasteiger partial charge is 1.00 e. The Balaban J connectivity index is 0.00000420. The number of rotatable bonds is 17. The van der Waals surface area contributed by atoms with Gasteiger partial charge in [-0.1, -0.05) is 121 Å². The lowest BCUT2D eigenvalue weighted by Gasteiger charge is -2.04. The average Bonchev–Trinajstić information content (AvgIpc) is 2.73. The molecule has 0 fully saturated rings. The molecule has 3 heteroatoms. The molecular weight excluding hydrogens is 376 g/mol. The number of nitrogens with one attached hydrogen (secondary N) is 1. The zero-order chi connectivity index (χ0) is 19.7. The molecule has 0 radical (unpaired) electrons. The van der Waals surface area contributed by atoms with E-state index >= 15 is 0 Å². The van der Waals surface area contributed by atoms with E-state index in [1.165, 1.54) is 119 Å². The van der Waals surface area contributed by atoms with Gasteiger partial charge in [-0.2, -0.15) is 0 Å². The van der Waals surface area contributed by atoms with Gasteiger partial charge in [0.2, 0.25) is 6.20 Å². The number of halogens is 1. The van der Waals surface area contributed by atoms with Crippen molar-refractivity contribution in [1.29, 1.82) is 0 Å². The fourth-order valence-electron chi connectivity index (χ4n) is 4.16. The van der Waals surface area contributed by atoms with Crippen LogP contribution in [0.4, 0.5) is 0 Å². The lowest BCUT2D eigenvalue weighted by molar-refractivity contribution is -0.454. The fraction of sp³-hybridized carbons (Fsp3) is 0.692. The van der Waals surface area contributed by atoms with Gasteiger partial charge in [0.15, 0.2) is 0 Å². The van der Waals surface area contributed by atoms with Gasteiger partial charge in [-0.15, -0.1) is 5.10 Å². The van der Waals surface area contributed by atoms with E-state index in [4.69, 9.17) is 0 Å². The molecule has 2 rings (SSSR count). The number of unbranched alkanes of at least 4 members (excludes halogenated alkanes) is 15. The lowest BCUT2D eigenvalue weighted by atomic mass is 10.0. The first-order valence-electron chi connectivity index (χ1n) is 12.2. The fourth-order valence-corrected chi connectivity index (χ4v) is 4.16. The first-order chi connectivity index (χ1) is 13.9. The summed E-state index contributed by atoms with van der Waals surface area (Å²) in [7, 11) is 0. The van der Waals surface area contributed by atoms with Crippen LogP contribution in [0.2, 0.25) is 0 Å². The molecule has 2 aromatic rings. The van der Waals surface area contributed by atoms with Crippen molar-refractivity contribution in [2.24, 2.45) is 0 Å². The van der Waals surface area contributed by atoms with Crippen LogP contribution in [0.15, 0.2) is 30.5 Å². The van der Waals surface area contributed by atoms with E-state index in [9.17, 15) is 0 Å². The van der Waals surface area contributed by atoms with E-state index in [0.29, 0.717) is 0 Å². The first-order valence-corrected chi connectivity index (χ1v) is 12.2. The van der Waals surface area contributed by atoms with Gasteiger partial charge in [0.05, 0.1) is 0 Å². The van der Waals surface area contributed by atoms with Crippen LogP contribution in [0, 0.1) is 0 Å². The normalized spacial score (nSPS) is 10.9. The Morgan fingerprint density at radius 1 is 0.655 bits per heavy atom. The van der Waals surface area contributed by atoms with Crippen molar-refractivity contribution >= 4 is 10.8 Å². The second-order valence-electron chi connectivity index (χ2n) is 8.47.